The molecule has 3 rings (SSSR count). The van der Waals surface area contributed by atoms with Crippen molar-refractivity contribution in [1.82, 2.24) is 10.2 Å². The highest BCUT2D eigenvalue weighted by Crippen LogP contribution is 2.30. The molecule has 31 heavy (non-hydrogen) atoms. The molecule has 9 nitrogen and oxygen atoms in total. The average molecular weight is 425 g/mol. The van der Waals surface area contributed by atoms with Crippen molar-refractivity contribution in [3.05, 3.63) is 69.3 Å². The van der Waals surface area contributed by atoms with E-state index in [1.807, 2.05) is 24.3 Å². The summed E-state index contributed by atoms with van der Waals surface area (Å²) in [6.45, 7) is 6.20. The van der Waals surface area contributed by atoms with Crippen LogP contribution in [-0.2, 0) is 10.2 Å². The van der Waals surface area contributed by atoms with E-state index in [1.165, 1.54) is 17.7 Å². The maximum atomic E-state index is 12.5. The lowest BCUT2D eigenvalue weighted by atomic mass is 9.87. The lowest BCUT2D eigenvalue weighted by molar-refractivity contribution is -0.385. The van der Waals surface area contributed by atoms with E-state index in [0.29, 0.717) is 10.6 Å². The lowest BCUT2D eigenvalue weighted by Gasteiger charge is -2.19. The first-order chi connectivity index (χ1) is 14.6. The molecule has 162 valence electrons. The average Bonchev–Trinajstić information content (AvgIpc) is 2.96. The van der Waals surface area contributed by atoms with E-state index in [-0.39, 0.29) is 29.7 Å². The fraction of sp³-hybridized carbons (Fsp3) is 0.318. The van der Waals surface area contributed by atoms with Crippen LogP contribution in [0.25, 0.3) is 0 Å². The smallest absolute Gasteiger partial charge is 0.282 e. The molecule has 9 heteroatoms. The number of nitro groups is 1. The van der Waals surface area contributed by atoms with Crippen LogP contribution in [0.1, 0.15) is 47.1 Å². The number of nitro benzene ring substituents is 1. The standard InChI is InChI=1S/C22H23N3O6/c1-22(2,3)14-7-9-15(10-8-14)31-12-11-23-18(26)13-24-20(27)16-5-4-6-17(25(29)30)19(16)21(24)28/h4-10H,11-13H2,1-3H3,(H,23,26). The van der Waals surface area contributed by atoms with Crippen molar-refractivity contribution >= 4 is 23.4 Å². The fourth-order valence-electron chi connectivity index (χ4n) is 3.22. The fourth-order valence-corrected chi connectivity index (χ4v) is 3.22. The highest BCUT2D eigenvalue weighted by atomic mass is 16.6. The summed E-state index contributed by atoms with van der Waals surface area (Å²) in [4.78, 5) is 48.2. The van der Waals surface area contributed by atoms with Crippen molar-refractivity contribution in [2.75, 3.05) is 19.7 Å². The molecule has 0 saturated carbocycles. The van der Waals surface area contributed by atoms with Gasteiger partial charge in [-0.2, -0.15) is 0 Å². The van der Waals surface area contributed by atoms with Gasteiger partial charge in [0, 0.05) is 6.07 Å². The molecule has 2 aromatic carbocycles. The molecule has 0 spiro atoms. The van der Waals surface area contributed by atoms with Crippen LogP contribution < -0.4 is 10.1 Å². The van der Waals surface area contributed by atoms with Crippen LogP contribution in [0.2, 0.25) is 0 Å². The quantitative estimate of drug-likeness (QED) is 0.315. The normalized spacial score (nSPS) is 13.2. The Morgan fingerprint density at radius 1 is 1.10 bits per heavy atom. The van der Waals surface area contributed by atoms with E-state index in [9.17, 15) is 24.5 Å². The number of imide groups is 1. The second-order valence-electron chi connectivity index (χ2n) is 8.13. The van der Waals surface area contributed by atoms with Gasteiger partial charge in [-0.3, -0.25) is 29.4 Å². The van der Waals surface area contributed by atoms with Gasteiger partial charge < -0.3 is 10.1 Å². The lowest BCUT2D eigenvalue weighted by Crippen LogP contribution is -2.41. The Bertz CT molecular complexity index is 1040. The Hall–Kier alpha value is -3.75. The first-order valence-corrected chi connectivity index (χ1v) is 9.73. The zero-order valence-electron chi connectivity index (χ0n) is 17.5. The third kappa shape index (κ3) is 4.71. The van der Waals surface area contributed by atoms with Crippen molar-refractivity contribution in [3.63, 3.8) is 0 Å². The first kappa shape index (κ1) is 21.9. The Morgan fingerprint density at radius 2 is 1.77 bits per heavy atom. The van der Waals surface area contributed by atoms with Gasteiger partial charge in [0.2, 0.25) is 5.91 Å². The monoisotopic (exact) mass is 425 g/mol. The highest BCUT2D eigenvalue weighted by Gasteiger charge is 2.41. The number of ether oxygens (including phenoxy) is 1. The Labute approximate surface area is 179 Å². The second-order valence-corrected chi connectivity index (χ2v) is 8.13. The minimum Gasteiger partial charge on any atom is -0.492 e. The molecule has 2 aromatic rings. The number of fused-ring (bicyclic) bond motifs is 1. The van der Waals surface area contributed by atoms with Gasteiger partial charge in [0.1, 0.15) is 24.5 Å². The molecule has 1 heterocycles. The second kappa shape index (κ2) is 8.55. The Balaban J connectivity index is 1.51. The van der Waals surface area contributed by atoms with Crippen molar-refractivity contribution in [1.29, 1.82) is 0 Å². The van der Waals surface area contributed by atoms with Crippen molar-refractivity contribution < 1.29 is 24.0 Å². The summed E-state index contributed by atoms with van der Waals surface area (Å²) in [6, 6.07) is 11.5. The van der Waals surface area contributed by atoms with E-state index in [4.69, 9.17) is 4.74 Å². The molecule has 0 saturated heterocycles. The molecule has 0 atom stereocenters. The van der Waals surface area contributed by atoms with Crippen LogP contribution in [0.5, 0.6) is 5.75 Å². The van der Waals surface area contributed by atoms with Crippen LogP contribution in [0.15, 0.2) is 42.5 Å². The van der Waals surface area contributed by atoms with Gasteiger partial charge in [0.15, 0.2) is 0 Å². The largest absolute Gasteiger partial charge is 0.492 e. The van der Waals surface area contributed by atoms with E-state index >= 15 is 0 Å². The summed E-state index contributed by atoms with van der Waals surface area (Å²) in [6.07, 6.45) is 0. The number of nitrogens with zero attached hydrogens (tertiary/aromatic N) is 2. The minimum atomic E-state index is -0.849. The number of carbonyl (C=O) groups excluding carboxylic acids is 3. The number of hydrogen-bond donors (Lipinski definition) is 1. The summed E-state index contributed by atoms with van der Waals surface area (Å²) < 4.78 is 5.59. The van der Waals surface area contributed by atoms with Crippen LogP contribution in [0.3, 0.4) is 0 Å². The SMILES string of the molecule is CC(C)(C)c1ccc(OCCNC(=O)CN2C(=O)c3cccc([N+](=O)[O-])c3C2=O)cc1. The minimum absolute atomic E-state index is 0.0387. The molecular formula is C22H23N3O6. The third-order valence-corrected chi connectivity index (χ3v) is 4.89. The van der Waals surface area contributed by atoms with Gasteiger partial charge in [0.25, 0.3) is 17.5 Å². The van der Waals surface area contributed by atoms with Gasteiger partial charge >= 0.3 is 0 Å². The predicted octanol–water partition coefficient (Wildman–Crippen LogP) is 2.68. The van der Waals surface area contributed by atoms with E-state index < -0.39 is 34.9 Å². The molecule has 0 radical (unpaired) electrons. The molecule has 0 aromatic heterocycles. The number of hydrogen-bond acceptors (Lipinski definition) is 6. The third-order valence-electron chi connectivity index (χ3n) is 4.89. The molecule has 0 aliphatic carbocycles. The van der Waals surface area contributed by atoms with Crippen LogP contribution in [0, 0.1) is 10.1 Å². The zero-order chi connectivity index (χ0) is 22.8. The summed E-state index contributed by atoms with van der Waals surface area (Å²) in [5, 5.41) is 13.7. The van der Waals surface area contributed by atoms with Crippen molar-refractivity contribution in [3.8, 4) is 5.75 Å². The van der Waals surface area contributed by atoms with Gasteiger partial charge in [-0.05, 0) is 29.2 Å². The number of benzene rings is 2. The Morgan fingerprint density at radius 3 is 2.39 bits per heavy atom. The maximum absolute atomic E-state index is 12.5. The van der Waals surface area contributed by atoms with Crippen LogP contribution >= 0.6 is 0 Å². The van der Waals surface area contributed by atoms with Crippen LogP contribution in [0.4, 0.5) is 5.69 Å². The van der Waals surface area contributed by atoms with E-state index in [0.717, 1.165) is 6.07 Å². The maximum Gasteiger partial charge on any atom is 0.282 e. The van der Waals surface area contributed by atoms with E-state index in [2.05, 4.69) is 26.1 Å². The number of amides is 3. The zero-order valence-corrected chi connectivity index (χ0v) is 17.5. The number of rotatable bonds is 7. The predicted molar refractivity (Wildman–Crippen MR) is 112 cm³/mol. The number of nitrogens with one attached hydrogen (secondary N) is 1. The van der Waals surface area contributed by atoms with Gasteiger partial charge in [0.05, 0.1) is 17.0 Å². The topological polar surface area (TPSA) is 119 Å². The van der Waals surface area contributed by atoms with Gasteiger partial charge in [-0.15, -0.1) is 0 Å². The molecule has 1 N–H and O–H groups in total. The Kier molecular flexibility index (Phi) is 6.05. The van der Waals surface area contributed by atoms with Gasteiger partial charge in [-0.25, -0.2) is 0 Å². The molecular weight excluding hydrogens is 402 g/mol. The first-order valence-electron chi connectivity index (χ1n) is 9.73. The molecule has 3 amide bonds. The highest BCUT2D eigenvalue weighted by molar-refractivity contribution is 6.24. The van der Waals surface area contributed by atoms with Gasteiger partial charge in [-0.1, -0.05) is 39.0 Å². The summed E-state index contributed by atoms with van der Waals surface area (Å²) in [5.74, 6) is -1.48. The summed E-state index contributed by atoms with van der Waals surface area (Å²) in [5.41, 5.74) is 0.400. The summed E-state index contributed by atoms with van der Waals surface area (Å²) >= 11 is 0. The summed E-state index contributed by atoms with van der Waals surface area (Å²) in [7, 11) is 0. The molecule has 1 aliphatic rings. The number of carbonyl (C=O) groups is 3. The molecule has 1 aliphatic heterocycles. The molecule has 0 bridgehead atoms. The molecule has 0 fully saturated rings. The van der Waals surface area contributed by atoms with E-state index in [1.54, 1.807) is 0 Å². The molecule has 0 unspecified atom stereocenters. The van der Waals surface area contributed by atoms with Crippen molar-refractivity contribution in [2.24, 2.45) is 0 Å². The van der Waals surface area contributed by atoms with Crippen LogP contribution in [-0.4, -0.2) is 47.2 Å². The van der Waals surface area contributed by atoms with Crippen molar-refractivity contribution in [2.45, 2.75) is 26.2 Å².